The van der Waals surface area contributed by atoms with Crippen LogP contribution in [0.2, 0.25) is 0 Å². The van der Waals surface area contributed by atoms with E-state index in [2.05, 4.69) is 19.2 Å². The van der Waals surface area contributed by atoms with Crippen molar-refractivity contribution in [2.24, 2.45) is 5.92 Å². The summed E-state index contributed by atoms with van der Waals surface area (Å²) in [5.74, 6) is 2.79. The van der Waals surface area contributed by atoms with E-state index in [0.29, 0.717) is 35.5 Å². The number of carbonyl (C=O) groups excluding carboxylic acids is 1. The highest BCUT2D eigenvalue weighted by atomic mass is 16.7. The van der Waals surface area contributed by atoms with Crippen molar-refractivity contribution in [3.8, 4) is 23.0 Å². The second kappa shape index (κ2) is 7.79. The highest BCUT2D eigenvalue weighted by Crippen LogP contribution is 2.34. The first-order valence-corrected chi connectivity index (χ1v) is 8.15. The fraction of sp³-hybridized carbons (Fsp3) is 0.316. The maximum Gasteiger partial charge on any atom is 0.262 e. The molecule has 132 valence electrons. The number of anilines is 1. The summed E-state index contributed by atoms with van der Waals surface area (Å²) < 4.78 is 21.7. The van der Waals surface area contributed by atoms with Gasteiger partial charge in [-0.2, -0.15) is 0 Å². The summed E-state index contributed by atoms with van der Waals surface area (Å²) in [5, 5.41) is 2.77. The predicted molar refractivity (Wildman–Crippen MR) is 93.5 cm³/mol. The second-order valence-electron chi connectivity index (χ2n) is 6.08. The van der Waals surface area contributed by atoms with Crippen LogP contribution in [0.3, 0.4) is 0 Å². The van der Waals surface area contributed by atoms with Crippen LogP contribution in [0.15, 0.2) is 42.5 Å². The fourth-order valence-electron chi connectivity index (χ4n) is 2.24. The maximum atomic E-state index is 12.0. The number of ether oxygens (including phenoxy) is 4. The third-order valence-corrected chi connectivity index (χ3v) is 3.42. The molecule has 1 heterocycles. The van der Waals surface area contributed by atoms with Crippen LogP contribution in [0.5, 0.6) is 23.0 Å². The zero-order chi connectivity index (χ0) is 17.6. The molecular weight excluding hydrogens is 322 g/mol. The number of benzene rings is 2. The highest BCUT2D eigenvalue weighted by Gasteiger charge is 2.14. The molecular formula is C19H21NO5. The molecule has 6 heteroatoms. The number of fused-ring (bicyclic) bond motifs is 1. The van der Waals surface area contributed by atoms with E-state index in [-0.39, 0.29) is 19.3 Å². The molecule has 0 radical (unpaired) electrons. The first-order chi connectivity index (χ1) is 12.1. The van der Waals surface area contributed by atoms with Gasteiger partial charge in [0.1, 0.15) is 11.5 Å². The third-order valence-electron chi connectivity index (χ3n) is 3.42. The van der Waals surface area contributed by atoms with Gasteiger partial charge in [0, 0.05) is 17.8 Å². The Bertz CT molecular complexity index is 744. The Hall–Kier alpha value is -2.89. The fourth-order valence-corrected chi connectivity index (χ4v) is 2.24. The Morgan fingerprint density at radius 2 is 1.84 bits per heavy atom. The van der Waals surface area contributed by atoms with E-state index in [1.807, 2.05) is 12.1 Å². The van der Waals surface area contributed by atoms with Gasteiger partial charge in [-0.15, -0.1) is 0 Å². The van der Waals surface area contributed by atoms with Crippen LogP contribution in [0.4, 0.5) is 5.69 Å². The number of nitrogens with one attached hydrogen (secondary N) is 1. The Balaban J connectivity index is 1.51. The smallest absolute Gasteiger partial charge is 0.262 e. The largest absolute Gasteiger partial charge is 0.493 e. The molecule has 25 heavy (non-hydrogen) atoms. The van der Waals surface area contributed by atoms with E-state index in [9.17, 15) is 4.79 Å². The van der Waals surface area contributed by atoms with Gasteiger partial charge >= 0.3 is 0 Å². The van der Waals surface area contributed by atoms with Crippen LogP contribution < -0.4 is 24.3 Å². The molecule has 6 nitrogen and oxygen atoms in total. The predicted octanol–water partition coefficient (Wildman–Crippen LogP) is 3.47. The number of carbonyl (C=O) groups is 1. The quantitative estimate of drug-likeness (QED) is 0.834. The van der Waals surface area contributed by atoms with Crippen LogP contribution in [0, 0.1) is 5.92 Å². The zero-order valence-electron chi connectivity index (χ0n) is 14.3. The standard InChI is InChI=1S/C19H21NO5/c1-13(2)10-22-15-4-3-5-16(9-15)23-11-19(21)20-14-6-7-17-18(8-14)25-12-24-17/h3-9,13H,10-12H2,1-2H3,(H,20,21). The van der Waals surface area contributed by atoms with E-state index >= 15 is 0 Å². The van der Waals surface area contributed by atoms with Gasteiger partial charge in [-0.3, -0.25) is 4.79 Å². The number of amides is 1. The lowest BCUT2D eigenvalue weighted by molar-refractivity contribution is -0.118. The van der Waals surface area contributed by atoms with Crippen LogP contribution >= 0.6 is 0 Å². The van der Waals surface area contributed by atoms with Crippen molar-refractivity contribution in [3.05, 3.63) is 42.5 Å². The summed E-state index contributed by atoms with van der Waals surface area (Å²) in [6, 6.07) is 12.5. The molecule has 0 aromatic heterocycles. The minimum Gasteiger partial charge on any atom is -0.493 e. The molecule has 0 unspecified atom stereocenters. The Morgan fingerprint density at radius 1 is 1.08 bits per heavy atom. The van der Waals surface area contributed by atoms with E-state index in [4.69, 9.17) is 18.9 Å². The molecule has 0 fully saturated rings. The van der Waals surface area contributed by atoms with Crippen molar-refractivity contribution in [2.45, 2.75) is 13.8 Å². The van der Waals surface area contributed by atoms with Crippen molar-refractivity contribution < 1.29 is 23.7 Å². The Morgan fingerprint density at radius 3 is 2.64 bits per heavy atom. The van der Waals surface area contributed by atoms with E-state index < -0.39 is 0 Å². The topological polar surface area (TPSA) is 66.0 Å². The molecule has 1 N–H and O–H groups in total. The van der Waals surface area contributed by atoms with Gasteiger partial charge in [-0.25, -0.2) is 0 Å². The molecule has 1 aliphatic heterocycles. The van der Waals surface area contributed by atoms with Crippen molar-refractivity contribution in [2.75, 3.05) is 25.3 Å². The summed E-state index contributed by atoms with van der Waals surface area (Å²) in [7, 11) is 0. The molecule has 1 aliphatic rings. The van der Waals surface area contributed by atoms with Gasteiger partial charge in [0.2, 0.25) is 6.79 Å². The van der Waals surface area contributed by atoms with Crippen LogP contribution in [-0.2, 0) is 4.79 Å². The lowest BCUT2D eigenvalue weighted by Gasteiger charge is -2.11. The van der Waals surface area contributed by atoms with Crippen molar-refractivity contribution in [1.29, 1.82) is 0 Å². The highest BCUT2D eigenvalue weighted by molar-refractivity contribution is 5.92. The summed E-state index contributed by atoms with van der Waals surface area (Å²) in [4.78, 5) is 12.0. The minimum atomic E-state index is -0.257. The molecule has 0 saturated heterocycles. The van der Waals surface area contributed by atoms with E-state index in [0.717, 1.165) is 5.75 Å². The van der Waals surface area contributed by atoms with E-state index in [1.165, 1.54) is 0 Å². The first-order valence-electron chi connectivity index (χ1n) is 8.15. The summed E-state index contributed by atoms with van der Waals surface area (Å²) >= 11 is 0. The van der Waals surface area contributed by atoms with Gasteiger partial charge in [-0.1, -0.05) is 19.9 Å². The SMILES string of the molecule is CC(C)COc1cccc(OCC(=O)Nc2ccc3c(c2)OCO3)c1. The van der Waals surface area contributed by atoms with Crippen LogP contribution in [-0.4, -0.2) is 25.9 Å². The second-order valence-corrected chi connectivity index (χ2v) is 6.08. The number of rotatable bonds is 7. The summed E-state index contributed by atoms with van der Waals surface area (Å²) in [6.07, 6.45) is 0. The summed E-state index contributed by atoms with van der Waals surface area (Å²) in [5.41, 5.74) is 0.631. The molecule has 2 aromatic carbocycles. The molecule has 2 aromatic rings. The van der Waals surface area contributed by atoms with E-state index in [1.54, 1.807) is 30.3 Å². The zero-order valence-corrected chi connectivity index (χ0v) is 14.3. The Kier molecular flexibility index (Phi) is 5.28. The lowest BCUT2D eigenvalue weighted by Crippen LogP contribution is -2.20. The third kappa shape index (κ3) is 4.79. The average molecular weight is 343 g/mol. The van der Waals surface area contributed by atoms with Gasteiger partial charge in [0.15, 0.2) is 18.1 Å². The molecule has 1 amide bonds. The monoisotopic (exact) mass is 343 g/mol. The Labute approximate surface area is 146 Å². The lowest BCUT2D eigenvalue weighted by atomic mass is 10.2. The van der Waals surface area contributed by atoms with Crippen LogP contribution in [0.1, 0.15) is 13.8 Å². The van der Waals surface area contributed by atoms with Gasteiger partial charge in [0.25, 0.3) is 5.91 Å². The maximum absolute atomic E-state index is 12.0. The van der Waals surface area contributed by atoms with Crippen molar-refractivity contribution in [1.82, 2.24) is 0 Å². The number of hydrogen-bond donors (Lipinski definition) is 1. The molecule has 0 bridgehead atoms. The minimum absolute atomic E-state index is 0.0952. The number of hydrogen-bond acceptors (Lipinski definition) is 5. The summed E-state index contributed by atoms with van der Waals surface area (Å²) in [6.45, 7) is 4.91. The van der Waals surface area contributed by atoms with Crippen molar-refractivity contribution >= 4 is 11.6 Å². The molecule has 0 spiro atoms. The average Bonchev–Trinajstić information content (AvgIpc) is 3.06. The van der Waals surface area contributed by atoms with Gasteiger partial charge in [-0.05, 0) is 30.2 Å². The van der Waals surface area contributed by atoms with Gasteiger partial charge in [0.05, 0.1) is 6.61 Å². The molecule has 0 aliphatic carbocycles. The first kappa shape index (κ1) is 17.0. The van der Waals surface area contributed by atoms with Crippen LogP contribution in [0.25, 0.3) is 0 Å². The molecule has 0 atom stereocenters. The normalized spacial score (nSPS) is 12.1. The molecule has 0 saturated carbocycles. The van der Waals surface area contributed by atoms with Gasteiger partial charge < -0.3 is 24.3 Å². The molecule has 3 rings (SSSR count). The van der Waals surface area contributed by atoms with Crippen molar-refractivity contribution in [3.63, 3.8) is 0 Å².